The van der Waals surface area contributed by atoms with Gasteiger partial charge in [-0.3, -0.25) is 4.79 Å². The summed E-state index contributed by atoms with van der Waals surface area (Å²) in [6.07, 6.45) is 21.5. The van der Waals surface area contributed by atoms with Crippen LogP contribution in [0.3, 0.4) is 0 Å². The highest BCUT2D eigenvalue weighted by molar-refractivity contribution is 5.66. The van der Waals surface area contributed by atoms with Crippen molar-refractivity contribution in [2.45, 2.75) is 123 Å². The van der Waals surface area contributed by atoms with Crippen molar-refractivity contribution < 1.29 is 9.90 Å². The number of hydrogen-bond donors (Lipinski definition) is 1. The molecule has 0 heterocycles. The zero-order valence-electron chi connectivity index (χ0n) is 18.5. The van der Waals surface area contributed by atoms with Crippen LogP contribution in [0.15, 0.2) is 0 Å². The Kier molecular flexibility index (Phi) is 26.0. The first-order chi connectivity index (χ1) is 12.5. The van der Waals surface area contributed by atoms with Crippen LogP contribution < -0.4 is 0 Å². The summed E-state index contributed by atoms with van der Waals surface area (Å²) in [6, 6.07) is 0. The molecule has 0 aromatic carbocycles. The van der Waals surface area contributed by atoms with Crippen molar-refractivity contribution in [1.29, 1.82) is 0 Å². The molecule has 0 saturated carbocycles. The van der Waals surface area contributed by atoms with Gasteiger partial charge in [0, 0.05) is 6.42 Å². The van der Waals surface area contributed by atoms with Gasteiger partial charge in [0.05, 0.1) is 0 Å². The van der Waals surface area contributed by atoms with Crippen molar-refractivity contribution in [1.82, 2.24) is 4.90 Å². The average molecular weight is 372 g/mol. The smallest absolute Gasteiger partial charge is 0.303 e. The topological polar surface area (TPSA) is 40.5 Å². The quantitative estimate of drug-likeness (QED) is 0.257. The maximum Gasteiger partial charge on any atom is 0.303 e. The summed E-state index contributed by atoms with van der Waals surface area (Å²) >= 11 is 0. The first-order valence-electron chi connectivity index (χ1n) is 11.4. The first kappa shape index (κ1) is 27.6. The van der Waals surface area contributed by atoms with Crippen molar-refractivity contribution in [2.75, 3.05) is 20.6 Å². The summed E-state index contributed by atoms with van der Waals surface area (Å²) in [5.41, 5.74) is 0. The Labute approximate surface area is 164 Å². The molecule has 0 aromatic heterocycles. The number of nitrogens with zero attached hydrogens (tertiary/aromatic N) is 1. The Morgan fingerprint density at radius 3 is 1.19 bits per heavy atom. The van der Waals surface area contributed by atoms with Gasteiger partial charge in [-0.15, -0.1) is 0 Å². The molecule has 0 saturated heterocycles. The minimum atomic E-state index is -0.653. The molecule has 3 nitrogen and oxygen atoms in total. The van der Waals surface area contributed by atoms with Gasteiger partial charge in [-0.25, -0.2) is 0 Å². The zero-order chi connectivity index (χ0) is 19.9. The van der Waals surface area contributed by atoms with Crippen LogP contribution in [0.1, 0.15) is 123 Å². The van der Waals surface area contributed by atoms with E-state index in [9.17, 15) is 4.79 Å². The van der Waals surface area contributed by atoms with E-state index in [1.807, 2.05) is 0 Å². The maximum atomic E-state index is 10.3. The summed E-state index contributed by atoms with van der Waals surface area (Å²) < 4.78 is 0. The first-order valence-corrected chi connectivity index (χ1v) is 11.4. The summed E-state index contributed by atoms with van der Waals surface area (Å²) in [7, 11) is 4.17. The van der Waals surface area contributed by atoms with Crippen LogP contribution in [0.25, 0.3) is 0 Å². The number of rotatable bonds is 18. The molecule has 0 aromatic rings. The lowest BCUT2D eigenvalue weighted by molar-refractivity contribution is -0.137. The van der Waals surface area contributed by atoms with Crippen LogP contribution in [0.4, 0.5) is 0 Å². The molecule has 0 aliphatic rings. The lowest BCUT2D eigenvalue weighted by Crippen LogP contribution is -2.11. The Morgan fingerprint density at radius 1 is 0.615 bits per heavy atom. The van der Waals surface area contributed by atoms with Gasteiger partial charge < -0.3 is 10.0 Å². The van der Waals surface area contributed by atoms with Gasteiger partial charge >= 0.3 is 5.97 Å². The van der Waals surface area contributed by atoms with Crippen LogP contribution in [-0.4, -0.2) is 36.6 Å². The van der Waals surface area contributed by atoms with Gasteiger partial charge in [-0.2, -0.15) is 0 Å². The van der Waals surface area contributed by atoms with E-state index in [1.54, 1.807) is 0 Å². The van der Waals surface area contributed by atoms with Crippen LogP contribution in [0, 0.1) is 0 Å². The Hall–Kier alpha value is -0.570. The fourth-order valence-electron chi connectivity index (χ4n) is 3.09. The van der Waals surface area contributed by atoms with E-state index in [0.717, 1.165) is 12.8 Å². The van der Waals surface area contributed by atoms with Gasteiger partial charge in [0.1, 0.15) is 0 Å². The molecule has 0 rings (SSSR count). The number of aliphatic carboxylic acids is 1. The monoisotopic (exact) mass is 371 g/mol. The number of carboxylic acids is 1. The summed E-state index contributed by atoms with van der Waals surface area (Å²) in [5.74, 6) is -0.653. The van der Waals surface area contributed by atoms with Crippen molar-refractivity contribution in [3.05, 3.63) is 0 Å². The van der Waals surface area contributed by atoms with E-state index < -0.39 is 5.97 Å². The van der Waals surface area contributed by atoms with Crippen LogP contribution in [0.5, 0.6) is 0 Å². The molecule has 0 bridgehead atoms. The fraction of sp³-hybridized carbons (Fsp3) is 0.957. The third kappa shape index (κ3) is 31.2. The van der Waals surface area contributed by atoms with E-state index in [1.165, 1.54) is 96.4 Å². The standard InChI is InChI=1S/C18H36O2.C5H13N/c1-2-3-4-5-6-7-8-9-10-11-12-13-14-15-16-17-18(19)20;1-4-5-6(2)3/h2-17H2,1H3,(H,19,20);4-5H2,1-3H3. The Bertz CT molecular complexity index is 267. The van der Waals surface area contributed by atoms with Crippen LogP contribution >= 0.6 is 0 Å². The van der Waals surface area contributed by atoms with Gasteiger partial charge in [0.15, 0.2) is 0 Å². The zero-order valence-corrected chi connectivity index (χ0v) is 18.5. The largest absolute Gasteiger partial charge is 0.481 e. The summed E-state index contributed by atoms with van der Waals surface area (Å²) in [5, 5.41) is 8.52. The molecular formula is C23H49NO2. The second kappa shape index (κ2) is 24.4. The lowest BCUT2D eigenvalue weighted by atomic mass is 10.0. The number of carbonyl (C=O) groups is 1. The number of unbranched alkanes of at least 4 members (excludes halogenated alkanes) is 14. The van der Waals surface area contributed by atoms with Crippen molar-refractivity contribution in [3.8, 4) is 0 Å². The summed E-state index contributed by atoms with van der Waals surface area (Å²) in [4.78, 5) is 12.5. The van der Waals surface area contributed by atoms with Gasteiger partial charge in [0.2, 0.25) is 0 Å². The predicted octanol–water partition coefficient (Wildman–Crippen LogP) is 7.29. The van der Waals surface area contributed by atoms with E-state index in [4.69, 9.17) is 5.11 Å². The molecule has 0 amide bonds. The second-order valence-electron chi connectivity index (χ2n) is 7.90. The predicted molar refractivity (Wildman–Crippen MR) is 116 cm³/mol. The van der Waals surface area contributed by atoms with E-state index >= 15 is 0 Å². The Balaban J connectivity index is 0. The molecule has 0 aliphatic carbocycles. The molecule has 0 radical (unpaired) electrons. The third-order valence-electron chi connectivity index (χ3n) is 4.67. The van der Waals surface area contributed by atoms with E-state index in [2.05, 4.69) is 32.8 Å². The SMILES string of the molecule is CCCCCCCCCCCCCCCCCC(=O)O.CCCN(C)C. The lowest BCUT2D eigenvalue weighted by Gasteiger charge is -2.03. The molecule has 0 fully saturated rings. The van der Waals surface area contributed by atoms with Crippen molar-refractivity contribution >= 4 is 5.97 Å². The molecule has 0 spiro atoms. The third-order valence-corrected chi connectivity index (χ3v) is 4.67. The van der Waals surface area contributed by atoms with Gasteiger partial charge in [-0.05, 0) is 33.5 Å². The number of hydrogen-bond acceptors (Lipinski definition) is 2. The summed E-state index contributed by atoms with van der Waals surface area (Å²) in [6.45, 7) is 5.66. The average Bonchev–Trinajstić information content (AvgIpc) is 2.58. The van der Waals surface area contributed by atoms with Gasteiger partial charge in [0.25, 0.3) is 0 Å². The minimum Gasteiger partial charge on any atom is -0.481 e. The molecule has 26 heavy (non-hydrogen) atoms. The van der Waals surface area contributed by atoms with Gasteiger partial charge in [-0.1, -0.05) is 104 Å². The molecule has 3 heteroatoms. The van der Waals surface area contributed by atoms with E-state index in [0.29, 0.717) is 6.42 Å². The van der Waals surface area contributed by atoms with Crippen LogP contribution in [0.2, 0.25) is 0 Å². The molecular weight excluding hydrogens is 322 g/mol. The van der Waals surface area contributed by atoms with E-state index in [-0.39, 0.29) is 0 Å². The van der Waals surface area contributed by atoms with Crippen LogP contribution in [-0.2, 0) is 4.79 Å². The molecule has 0 atom stereocenters. The maximum absolute atomic E-state index is 10.3. The minimum absolute atomic E-state index is 0.345. The highest BCUT2D eigenvalue weighted by atomic mass is 16.4. The fourth-order valence-corrected chi connectivity index (χ4v) is 3.09. The number of carboxylic acid groups (broad SMARTS) is 1. The molecule has 0 unspecified atom stereocenters. The Morgan fingerprint density at radius 2 is 0.962 bits per heavy atom. The molecule has 1 N–H and O–H groups in total. The normalized spacial score (nSPS) is 10.7. The van der Waals surface area contributed by atoms with Crippen molar-refractivity contribution in [2.24, 2.45) is 0 Å². The second-order valence-corrected chi connectivity index (χ2v) is 7.90. The molecule has 158 valence electrons. The molecule has 0 aliphatic heterocycles. The van der Waals surface area contributed by atoms with Crippen molar-refractivity contribution in [3.63, 3.8) is 0 Å². The highest BCUT2D eigenvalue weighted by Gasteiger charge is 1.97. The highest BCUT2D eigenvalue weighted by Crippen LogP contribution is 2.13.